The van der Waals surface area contributed by atoms with Crippen molar-refractivity contribution in [3.05, 3.63) is 29.3 Å². The lowest BCUT2D eigenvalue weighted by atomic mass is 9.85. The van der Waals surface area contributed by atoms with Gasteiger partial charge in [0, 0.05) is 0 Å². The van der Waals surface area contributed by atoms with Gasteiger partial charge in [0.1, 0.15) is 11.4 Å². The van der Waals surface area contributed by atoms with Crippen LogP contribution in [0.4, 0.5) is 13.2 Å². The molecule has 5 heteroatoms. The number of rotatable bonds is 2. The van der Waals surface area contributed by atoms with Crippen LogP contribution in [0, 0.1) is 0 Å². The van der Waals surface area contributed by atoms with Gasteiger partial charge in [0.05, 0.1) is 17.5 Å². The standard InChI is InChI=1S/C14H15F3O2/c1-3-13(4-2)8-11(18)10-6-5-9(14(15,16)17)7-12(10)19-13/h5-7H,3-4,8H2,1-2H3. The maximum atomic E-state index is 12.7. The average molecular weight is 272 g/mol. The number of ether oxygens (including phenoxy) is 1. The molecule has 0 amide bonds. The van der Waals surface area contributed by atoms with E-state index in [-0.39, 0.29) is 23.5 Å². The van der Waals surface area contributed by atoms with Crippen LogP contribution in [0.2, 0.25) is 0 Å². The lowest BCUT2D eigenvalue weighted by molar-refractivity contribution is -0.137. The molecule has 0 bridgehead atoms. The first kappa shape index (κ1) is 13.9. The number of hydrogen-bond donors (Lipinski definition) is 0. The Kier molecular flexibility index (Phi) is 3.32. The molecule has 1 heterocycles. The van der Waals surface area contributed by atoms with Crippen LogP contribution in [0.15, 0.2) is 18.2 Å². The summed E-state index contributed by atoms with van der Waals surface area (Å²) in [5, 5.41) is 0. The van der Waals surface area contributed by atoms with E-state index in [1.54, 1.807) is 0 Å². The van der Waals surface area contributed by atoms with Crippen LogP contribution in [0.3, 0.4) is 0 Å². The Bertz CT molecular complexity index is 502. The molecule has 0 saturated carbocycles. The van der Waals surface area contributed by atoms with Gasteiger partial charge in [-0.2, -0.15) is 13.2 Å². The van der Waals surface area contributed by atoms with E-state index in [1.165, 1.54) is 6.07 Å². The van der Waals surface area contributed by atoms with E-state index < -0.39 is 17.3 Å². The van der Waals surface area contributed by atoms with Crippen molar-refractivity contribution in [3.8, 4) is 5.75 Å². The fraction of sp³-hybridized carbons (Fsp3) is 0.500. The highest BCUT2D eigenvalue weighted by molar-refractivity contribution is 6.00. The molecule has 104 valence electrons. The van der Waals surface area contributed by atoms with E-state index in [9.17, 15) is 18.0 Å². The SMILES string of the molecule is CCC1(CC)CC(=O)c2ccc(C(F)(F)F)cc2O1. The first-order valence-electron chi connectivity index (χ1n) is 6.25. The molecule has 0 saturated heterocycles. The maximum absolute atomic E-state index is 12.7. The van der Waals surface area contributed by atoms with E-state index in [0.717, 1.165) is 12.1 Å². The van der Waals surface area contributed by atoms with Crippen LogP contribution in [-0.4, -0.2) is 11.4 Å². The molecule has 0 fully saturated rings. The van der Waals surface area contributed by atoms with Crippen LogP contribution in [0.1, 0.15) is 49.0 Å². The number of carbonyl (C=O) groups is 1. The zero-order valence-corrected chi connectivity index (χ0v) is 10.8. The van der Waals surface area contributed by atoms with Crippen molar-refractivity contribution in [2.45, 2.75) is 44.9 Å². The first-order valence-corrected chi connectivity index (χ1v) is 6.25. The quantitative estimate of drug-likeness (QED) is 0.805. The van der Waals surface area contributed by atoms with Crippen LogP contribution in [0.5, 0.6) is 5.75 Å². The van der Waals surface area contributed by atoms with E-state index in [1.807, 2.05) is 13.8 Å². The number of halogens is 3. The molecule has 1 aliphatic rings. The molecule has 0 spiro atoms. The summed E-state index contributed by atoms with van der Waals surface area (Å²) in [4.78, 5) is 12.0. The van der Waals surface area contributed by atoms with E-state index in [0.29, 0.717) is 12.8 Å². The molecule has 1 aromatic carbocycles. The summed E-state index contributed by atoms with van der Waals surface area (Å²) in [7, 11) is 0. The van der Waals surface area contributed by atoms with Gasteiger partial charge in [-0.15, -0.1) is 0 Å². The van der Waals surface area contributed by atoms with E-state index >= 15 is 0 Å². The molecule has 2 nitrogen and oxygen atoms in total. The van der Waals surface area contributed by atoms with Crippen LogP contribution in [-0.2, 0) is 6.18 Å². The zero-order chi connectivity index (χ0) is 14.3. The molecule has 0 unspecified atom stereocenters. The highest BCUT2D eigenvalue weighted by atomic mass is 19.4. The Hall–Kier alpha value is -1.52. The van der Waals surface area contributed by atoms with Gasteiger partial charge in [-0.05, 0) is 31.0 Å². The summed E-state index contributed by atoms with van der Waals surface area (Å²) >= 11 is 0. The molecule has 0 atom stereocenters. The Morgan fingerprint density at radius 3 is 2.42 bits per heavy atom. The number of benzene rings is 1. The van der Waals surface area contributed by atoms with Gasteiger partial charge in [-0.3, -0.25) is 4.79 Å². The van der Waals surface area contributed by atoms with Gasteiger partial charge in [0.25, 0.3) is 0 Å². The summed E-state index contributed by atoms with van der Waals surface area (Å²) < 4.78 is 43.7. The van der Waals surface area contributed by atoms with Crippen molar-refractivity contribution < 1.29 is 22.7 Å². The summed E-state index contributed by atoms with van der Waals surface area (Å²) in [6, 6.07) is 3.05. The van der Waals surface area contributed by atoms with E-state index in [4.69, 9.17) is 4.74 Å². The third-order valence-corrected chi connectivity index (χ3v) is 3.71. The average Bonchev–Trinajstić information content (AvgIpc) is 2.36. The molecule has 1 aliphatic heterocycles. The zero-order valence-electron chi connectivity index (χ0n) is 10.8. The van der Waals surface area contributed by atoms with E-state index in [2.05, 4.69) is 0 Å². The second kappa shape index (κ2) is 4.54. The van der Waals surface area contributed by atoms with Gasteiger partial charge in [0.2, 0.25) is 0 Å². The Morgan fingerprint density at radius 2 is 1.89 bits per heavy atom. The van der Waals surface area contributed by atoms with Gasteiger partial charge >= 0.3 is 6.18 Å². The fourth-order valence-corrected chi connectivity index (χ4v) is 2.31. The Balaban J connectivity index is 2.47. The summed E-state index contributed by atoms with van der Waals surface area (Å²) in [5.74, 6) is -0.103. The first-order chi connectivity index (χ1) is 8.81. The lowest BCUT2D eigenvalue weighted by Gasteiger charge is -2.36. The molecular weight excluding hydrogens is 257 g/mol. The predicted molar refractivity (Wildman–Crippen MR) is 64.3 cm³/mol. The number of alkyl halides is 3. The van der Waals surface area contributed by atoms with Gasteiger partial charge in [-0.1, -0.05) is 13.8 Å². The topological polar surface area (TPSA) is 26.3 Å². The third-order valence-electron chi connectivity index (χ3n) is 3.71. The number of fused-ring (bicyclic) bond motifs is 1. The smallest absolute Gasteiger partial charge is 0.416 e. The minimum atomic E-state index is -4.43. The van der Waals surface area contributed by atoms with Crippen LogP contribution < -0.4 is 4.74 Å². The van der Waals surface area contributed by atoms with Gasteiger partial charge in [-0.25, -0.2) is 0 Å². The fourth-order valence-electron chi connectivity index (χ4n) is 2.31. The summed E-state index contributed by atoms with van der Waals surface area (Å²) in [5.41, 5.74) is -1.22. The van der Waals surface area contributed by atoms with Crippen molar-refractivity contribution in [1.82, 2.24) is 0 Å². The normalized spacial score (nSPS) is 17.8. The lowest BCUT2D eigenvalue weighted by Crippen LogP contribution is -2.41. The minimum absolute atomic E-state index is 0.0507. The van der Waals surface area contributed by atoms with Gasteiger partial charge < -0.3 is 4.74 Å². The minimum Gasteiger partial charge on any atom is -0.486 e. The number of hydrogen-bond acceptors (Lipinski definition) is 2. The molecule has 19 heavy (non-hydrogen) atoms. The second-order valence-corrected chi connectivity index (χ2v) is 4.80. The number of carbonyl (C=O) groups excluding carboxylic acids is 1. The van der Waals surface area contributed by atoms with Crippen LogP contribution in [0.25, 0.3) is 0 Å². The van der Waals surface area contributed by atoms with Crippen molar-refractivity contribution in [2.75, 3.05) is 0 Å². The largest absolute Gasteiger partial charge is 0.486 e. The number of ketones is 1. The van der Waals surface area contributed by atoms with Crippen molar-refractivity contribution >= 4 is 5.78 Å². The third kappa shape index (κ3) is 2.46. The highest BCUT2D eigenvalue weighted by Crippen LogP contribution is 2.40. The monoisotopic (exact) mass is 272 g/mol. The van der Waals surface area contributed by atoms with Crippen molar-refractivity contribution in [3.63, 3.8) is 0 Å². The highest BCUT2D eigenvalue weighted by Gasteiger charge is 2.39. The van der Waals surface area contributed by atoms with Crippen molar-refractivity contribution in [1.29, 1.82) is 0 Å². The molecule has 0 N–H and O–H groups in total. The molecular formula is C14H15F3O2. The van der Waals surface area contributed by atoms with Crippen molar-refractivity contribution in [2.24, 2.45) is 0 Å². The summed E-state index contributed by atoms with van der Waals surface area (Å²) in [6.07, 6.45) is -3.03. The Morgan fingerprint density at radius 1 is 1.26 bits per heavy atom. The molecule has 2 rings (SSSR count). The van der Waals surface area contributed by atoms with Crippen LogP contribution >= 0.6 is 0 Å². The molecule has 0 aromatic heterocycles. The number of Topliss-reactive ketones (excluding diaryl/α,β-unsaturated/α-hetero) is 1. The predicted octanol–water partition coefficient (Wildman–Crippen LogP) is 4.23. The molecule has 1 aromatic rings. The summed E-state index contributed by atoms with van der Waals surface area (Å²) in [6.45, 7) is 3.74. The molecule has 0 aliphatic carbocycles. The van der Waals surface area contributed by atoms with Gasteiger partial charge in [0.15, 0.2) is 5.78 Å². The molecule has 0 radical (unpaired) electrons. The Labute approximate surface area is 109 Å². The maximum Gasteiger partial charge on any atom is 0.416 e. The second-order valence-electron chi connectivity index (χ2n) is 4.80.